The number of ether oxygens (including phenoxy) is 2. The maximum Gasteiger partial charge on any atom is 0.130 e. The SMILES string of the molecule is c1cc2nc(c1)COc1ccccc1CSCc1ccccc1CSCc1ccccc1OC2. The predicted molar refractivity (Wildman–Crippen MR) is 142 cm³/mol. The van der Waals surface area contributed by atoms with Crippen molar-refractivity contribution in [3.05, 3.63) is 125 Å². The van der Waals surface area contributed by atoms with Crippen LogP contribution in [0.5, 0.6) is 11.5 Å². The van der Waals surface area contributed by atoms with E-state index in [-0.39, 0.29) is 0 Å². The molecule has 0 radical (unpaired) electrons. The zero-order valence-electron chi connectivity index (χ0n) is 19.0. The van der Waals surface area contributed by atoms with Crippen molar-refractivity contribution < 1.29 is 9.47 Å². The van der Waals surface area contributed by atoms with Crippen LogP contribution in [0, 0.1) is 0 Å². The first-order valence-electron chi connectivity index (χ1n) is 11.4. The first-order valence-corrected chi connectivity index (χ1v) is 13.7. The van der Waals surface area contributed by atoms with E-state index >= 15 is 0 Å². The van der Waals surface area contributed by atoms with Crippen LogP contribution in [0.3, 0.4) is 0 Å². The van der Waals surface area contributed by atoms with Gasteiger partial charge < -0.3 is 9.47 Å². The molecule has 2 heterocycles. The van der Waals surface area contributed by atoms with Crippen molar-refractivity contribution in [2.45, 2.75) is 36.2 Å². The van der Waals surface area contributed by atoms with Crippen molar-refractivity contribution in [3.63, 3.8) is 0 Å². The third-order valence-electron chi connectivity index (χ3n) is 5.71. The molecule has 172 valence electrons. The van der Waals surface area contributed by atoms with Crippen LogP contribution in [0.25, 0.3) is 0 Å². The Balaban J connectivity index is 1.41. The highest BCUT2D eigenvalue weighted by atomic mass is 32.2. The summed E-state index contributed by atoms with van der Waals surface area (Å²) in [6.45, 7) is 0.872. The third-order valence-corrected chi connectivity index (χ3v) is 7.77. The summed E-state index contributed by atoms with van der Waals surface area (Å²) in [4.78, 5) is 4.76. The molecule has 0 spiro atoms. The second-order valence-corrected chi connectivity index (χ2v) is 10.1. The quantitative estimate of drug-likeness (QED) is 0.259. The lowest BCUT2D eigenvalue weighted by atomic mass is 10.1. The van der Waals surface area contributed by atoms with Crippen LogP contribution in [0.15, 0.2) is 91.0 Å². The van der Waals surface area contributed by atoms with Crippen molar-refractivity contribution in [2.75, 3.05) is 0 Å². The van der Waals surface area contributed by atoms with Gasteiger partial charge in [-0.2, -0.15) is 23.5 Å². The summed E-state index contributed by atoms with van der Waals surface area (Å²) in [6, 6.07) is 31.4. The lowest BCUT2D eigenvalue weighted by Gasteiger charge is -2.12. The molecule has 0 saturated carbocycles. The molecular weight excluding hydrogens is 458 g/mol. The molecule has 0 fully saturated rings. The molecular formula is C29H27NO2S2. The Morgan fingerprint density at radius 1 is 0.471 bits per heavy atom. The minimum Gasteiger partial charge on any atom is -0.487 e. The molecule has 0 aliphatic carbocycles. The number of hydrogen-bond donors (Lipinski definition) is 0. The molecule has 0 amide bonds. The van der Waals surface area contributed by atoms with Crippen LogP contribution in [0.4, 0.5) is 0 Å². The fourth-order valence-electron chi connectivity index (χ4n) is 3.90. The van der Waals surface area contributed by atoms with E-state index in [1.807, 2.05) is 66.0 Å². The van der Waals surface area contributed by atoms with Gasteiger partial charge in [-0.3, -0.25) is 4.98 Å². The molecule has 4 aromatic rings. The van der Waals surface area contributed by atoms with E-state index in [1.54, 1.807) is 0 Å². The monoisotopic (exact) mass is 485 g/mol. The van der Waals surface area contributed by atoms with Gasteiger partial charge in [-0.15, -0.1) is 0 Å². The van der Waals surface area contributed by atoms with Crippen molar-refractivity contribution in [3.8, 4) is 11.5 Å². The molecule has 5 heteroatoms. The zero-order chi connectivity index (χ0) is 23.0. The number of benzene rings is 3. The van der Waals surface area contributed by atoms with Gasteiger partial charge in [0.25, 0.3) is 0 Å². The van der Waals surface area contributed by atoms with Crippen LogP contribution >= 0.6 is 23.5 Å². The van der Waals surface area contributed by atoms with Gasteiger partial charge in [0, 0.05) is 34.1 Å². The van der Waals surface area contributed by atoms with Crippen molar-refractivity contribution in [1.29, 1.82) is 0 Å². The molecule has 0 unspecified atom stereocenters. The molecule has 34 heavy (non-hydrogen) atoms. The highest BCUT2D eigenvalue weighted by molar-refractivity contribution is 7.98. The van der Waals surface area contributed by atoms with Gasteiger partial charge in [-0.05, 0) is 35.4 Å². The molecule has 1 aliphatic heterocycles. The van der Waals surface area contributed by atoms with E-state index in [2.05, 4.69) is 48.5 Å². The fourth-order valence-corrected chi connectivity index (χ4v) is 6.03. The summed E-state index contributed by atoms with van der Waals surface area (Å²) in [7, 11) is 0. The Morgan fingerprint density at radius 3 is 1.38 bits per heavy atom. The van der Waals surface area contributed by atoms with Gasteiger partial charge in [0.05, 0.1) is 11.4 Å². The van der Waals surface area contributed by atoms with E-state index in [4.69, 9.17) is 14.5 Å². The number of hydrogen-bond acceptors (Lipinski definition) is 5. The predicted octanol–water partition coefficient (Wildman–Crippen LogP) is 7.42. The Bertz CT molecular complexity index is 1150. The molecule has 2 bridgehead atoms. The van der Waals surface area contributed by atoms with Crippen LogP contribution in [0.2, 0.25) is 0 Å². The summed E-state index contributed by atoms with van der Waals surface area (Å²) >= 11 is 3.86. The highest BCUT2D eigenvalue weighted by Crippen LogP contribution is 2.30. The van der Waals surface area contributed by atoms with Crippen LogP contribution < -0.4 is 9.47 Å². The second-order valence-electron chi connectivity index (χ2n) is 8.17. The zero-order valence-corrected chi connectivity index (χ0v) is 20.6. The standard InChI is InChI=1S/C29H27NO2S2/c1-2-9-23-19-34-21-25-11-4-6-15-29(25)32-17-27-13-7-12-26(30-27)16-31-28-14-5-3-10-24(28)20-33-18-22(23)8-1/h1-15H,16-21H2. The smallest absolute Gasteiger partial charge is 0.130 e. The van der Waals surface area contributed by atoms with Crippen LogP contribution in [0.1, 0.15) is 33.6 Å². The van der Waals surface area contributed by atoms with E-state index in [9.17, 15) is 0 Å². The van der Waals surface area contributed by atoms with E-state index in [0.29, 0.717) is 13.2 Å². The molecule has 0 atom stereocenters. The third kappa shape index (κ3) is 5.96. The molecule has 3 nitrogen and oxygen atoms in total. The lowest BCUT2D eigenvalue weighted by Crippen LogP contribution is -2.05. The number of fused-ring (bicyclic) bond motifs is 5. The summed E-state index contributed by atoms with van der Waals surface area (Å²) in [5.74, 6) is 5.63. The summed E-state index contributed by atoms with van der Waals surface area (Å²) in [5.41, 5.74) is 7.04. The fraction of sp³-hybridized carbons (Fsp3) is 0.207. The number of aromatic nitrogens is 1. The number of nitrogens with zero attached hydrogens (tertiary/aromatic N) is 1. The minimum absolute atomic E-state index is 0.436. The average molecular weight is 486 g/mol. The van der Waals surface area contributed by atoms with Gasteiger partial charge >= 0.3 is 0 Å². The second kappa shape index (κ2) is 11.5. The summed E-state index contributed by atoms with van der Waals surface area (Å²) in [5, 5.41) is 0. The number of pyridine rings is 1. The van der Waals surface area contributed by atoms with Gasteiger partial charge in [-0.25, -0.2) is 0 Å². The van der Waals surface area contributed by atoms with Gasteiger partial charge in [0.15, 0.2) is 0 Å². The molecule has 3 aromatic carbocycles. The average Bonchev–Trinajstić information content (AvgIpc) is 2.88. The largest absolute Gasteiger partial charge is 0.487 e. The van der Waals surface area contributed by atoms with Gasteiger partial charge in [-0.1, -0.05) is 66.7 Å². The molecule has 0 N–H and O–H groups in total. The van der Waals surface area contributed by atoms with Crippen LogP contribution in [-0.2, 0) is 36.2 Å². The van der Waals surface area contributed by atoms with E-state index < -0.39 is 0 Å². The number of rotatable bonds is 0. The van der Waals surface area contributed by atoms with Crippen molar-refractivity contribution in [2.24, 2.45) is 0 Å². The van der Waals surface area contributed by atoms with Crippen molar-refractivity contribution >= 4 is 23.5 Å². The topological polar surface area (TPSA) is 31.4 Å². The Morgan fingerprint density at radius 2 is 0.882 bits per heavy atom. The summed E-state index contributed by atoms with van der Waals surface area (Å²) < 4.78 is 12.4. The molecule has 0 saturated heterocycles. The Kier molecular flexibility index (Phi) is 7.74. The normalized spacial score (nSPS) is 14.6. The molecule has 1 aromatic heterocycles. The Labute approximate surface area is 209 Å². The maximum atomic E-state index is 6.20. The van der Waals surface area contributed by atoms with Crippen LogP contribution in [-0.4, -0.2) is 4.98 Å². The molecule has 1 aliphatic rings. The van der Waals surface area contributed by atoms with E-state index in [1.165, 1.54) is 22.3 Å². The van der Waals surface area contributed by atoms with Gasteiger partial charge in [0.2, 0.25) is 0 Å². The first kappa shape index (κ1) is 22.9. The van der Waals surface area contributed by atoms with Gasteiger partial charge in [0.1, 0.15) is 24.7 Å². The number of para-hydroxylation sites is 2. The Hall–Kier alpha value is -2.89. The number of thioether (sulfide) groups is 2. The maximum absolute atomic E-state index is 6.20. The first-order chi connectivity index (χ1) is 16.8. The lowest BCUT2D eigenvalue weighted by molar-refractivity contribution is 0.288. The summed E-state index contributed by atoms with van der Waals surface area (Å²) in [6.07, 6.45) is 0. The minimum atomic E-state index is 0.436. The van der Waals surface area contributed by atoms with Crippen molar-refractivity contribution in [1.82, 2.24) is 4.98 Å². The highest BCUT2D eigenvalue weighted by Gasteiger charge is 2.10. The molecule has 5 rings (SSSR count). The van der Waals surface area contributed by atoms with E-state index in [0.717, 1.165) is 45.9 Å².